The van der Waals surface area contributed by atoms with Crippen LogP contribution in [0, 0.1) is 13.8 Å². The molecule has 0 unspecified atom stereocenters. The lowest BCUT2D eigenvalue weighted by atomic mass is 9.98. The van der Waals surface area contributed by atoms with E-state index in [2.05, 4.69) is 10.9 Å². The van der Waals surface area contributed by atoms with Gasteiger partial charge in [0.25, 0.3) is 17.7 Å². The van der Waals surface area contributed by atoms with Crippen molar-refractivity contribution in [3.05, 3.63) is 64.7 Å². The summed E-state index contributed by atoms with van der Waals surface area (Å²) >= 11 is 0. The van der Waals surface area contributed by atoms with Crippen molar-refractivity contribution in [3.8, 4) is 5.75 Å². The first-order valence-electron chi connectivity index (χ1n) is 9.05. The average molecular weight is 395 g/mol. The van der Waals surface area contributed by atoms with Crippen LogP contribution in [0.15, 0.2) is 42.5 Å². The van der Waals surface area contributed by atoms with Crippen LogP contribution < -0.4 is 15.6 Å². The molecule has 0 spiro atoms. The minimum Gasteiger partial charge on any atom is -0.484 e. The summed E-state index contributed by atoms with van der Waals surface area (Å²) in [7, 11) is 0. The van der Waals surface area contributed by atoms with Crippen LogP contribution in [0.25, 0.3) is 0 Å². The molecule has 0 radical (unpaired) electrons. The van der Waals surface area contributed by atoms with Crippen molar-refractivity contribution in [2.45, 2.75) is 20.3 Å². The summed E-state index contributed by atoms with van der Waals surface area (Å²) in [6.45, 7) is 3.06. The Labute approximate surface area is 167 Å². The number of carbonyl (C=O) groups is 4. The second-order valence-electron chi connectivity index (χ2n) is 6.83. The molecule has 8 heteroatoms. The summed E-state index contributed by atoms with van der Waals surface area (Å²) in [5.74, 6) is -1.71. The monoisotopic (exact) mass is 395 g/mol. The van der Waals surface area contributed by atoms with Gasteiger partial charge in [-0.1, -0.05) is 24.3 Å². The Hall–Kier alpha value is -3.68. The van der Waals surface area contributed by atoms with E-state index in [1.807, 2.05) is 19.9 Å². The van der Waals surface area contributed by atoms with Crippen molar-refractivity contribution in [3.63, 3.8) is 0 Å². The van der Waals surface area contributed by atoms with E-state index in [0.717, 1.165) is 16.0 Å². The zero-order valence-corrected chi connectivity index (χ0v) is 16.2. The first-order chi connectivity index (χ1) is 13.8. The fourth-order valence-electron chi connectivity index (χ4n) is 3.08. The molecule has 1 heterocycles. The maximum Gasteiger partial charge on any atom is 0.276 e. The van der Waals surface area contributed by atoms with Crippen LogP contribution in [0.5, 0.6) is 5.75 Å². The molecule has 0 aliphatic carbocycles. The van der Waals surface area contributed by atoms with Gasteiger partial charge in [0, 0.05) is 5.56 Å². The summed E-state index contributed by atoms with van der Waals surface area (Å²) in [6, 6.07) is 12.3. The zero-order valence-electron chi connectivity index (χ0n) is 16.2. The summed E-state index contributed by atoms with van der Waals surface area (Å²) in [5.41, 5.74) is 7.44. The van der Waals surface area contributed by atoms with E-state index in [4.69, 9.17) is 4.74 Å². The highest BCUT2D eigenvalue weighted by molar-refractivity contribution is 6.11. The molecule has 0 atom stereocenters. The highest BCUT2D eigenvalue weighted by atomic mass is 16.5. The van der Waals surface area contributed by atoms with Crippen LogP contribution >= 0.6 is 0 Å². The number of imide groups is 1. The molecule has 0 bridgehead atoms. The quantitative estimate of drug-likeness (QED) is 0.582. The van der Waals surface area contributed by atoms with Crippen molar-refractivity contribution in [1.82, 2.24) is 15.8 Å². The fraction of sp³-hybridized carbons (Fsp3) is 0.238. The molecule has 1 aliphatic rings. The number of aryl methyl sites for hydroxylation is 2. The van der Waals surface area contributed by atoms with Crippen molar-refractivity contribution in [2.24, 2.45) is 0 Å². The van der Waals surface area contributed by atoms with Gasteiger partial charge in [-0.3, -0.25) is 34.9 Å². The normalized spacial score (nSPS) is 13.0. The summed E-state index contributed by atoms with van der Waals surface area (Å²) in [6.07, 6.45) is 0.0469. The topological polar surface area (TPSA) is 105 Å². The number of ether oxygens (including phenoxy) is 1. The molecule has 2 aromatic carbocycles. The Bertz CT molecular complexity index is 966. The predicted octanol–water partition coefficient (Wildman–Crippen LogP) is 1.05. The fourth-order valence-corrected chi connectivity index (χ4v) is 3.08. The van der Waals surface area contributed by atoms with E-state index in [1.54, 1.807) is 36.4 Å². The molecular formula is C21H21N3O5. The van der Waals surface area contributed by atoms with Crippen LogP contribution in [0.3, 0.4) is 0 Å². The largest absolute Gasteiger partial charge is 0.484 e. The van der Waals surface area contributed by atoms with Crippen molar-refractivity contribution in [2.75, 3.05) is 13.2 Å². The number of fused-ring (bicyclic) bond motifs is 1. The smallest absolute Gasteiger partial charge is 0.276 e. The lowest BCUT2D eigenvalue weighted by Crippen LogP contribution is -2.51. The molecule has 29 heavy (non-hydrogen) atoms. The average Bonchev–Trinajstić information content (AvgIpc) is 2.67. The molecule has 1 aliphatic heterocycles. The molecule has 0 saturated carbocycles. The highest BCUT2D eigenvalue weighted by Crippen LogP contribution is 2.19. The number of hydrazine groups is 1. The Morgan fingerprint density at radius 1 is 1.00 bits per heavy atom. The van der Waals surface area contributed by atoms with Crippen LogP contribution in [-0.4, -0.2) is 41.7 Å². The maximum absolute atomic E-state index is 12.4. The van der Waals surface area contributed by atoms with Gasteiger partial charge in [-0.25, -0.2) is 0 Å². The molecule has 3 rings (SSSR count). The van der Waals surface area contributed by atoms with Crippen LogP contribution in [0.2, 0.25) is 0 Å². The van der Waals surface area contributed by atoms with Gasteiger partial charge in [-0.05, 0) is 48.7 Å². The third kappa shape index (κ3) is 4.98. The molecule has 2 N–H and O–H groups in total. The lowest BCUT2D eigenvalue weighted by molar-refractivity contribution is -0.135. The lowest BCUT2D eigenvalue weighted by Gasteiger charge is -2.26. The number of hydrogen-bond donors (Lipinski definition) is 2. The first kappa shape index (κ1) is 20.1. The molecule has 0 aromatic heterocycles. The summed E-state index contributed by atoms with van der Waals surface area (Å²) in [5, 5.41) is 0. The zero-order chi connectivity index (χ0) is 21.0. The van der Waals surface area contributed by atoms with Gasteiger partial charge in [0.15, 0.2) is 6.61 Å². The van der Waals surface area contributed by atoms with E-state index in [9.17, 15) is 19.2 Å². The van der Waals surface area contributed by atoms with Gasteiger partial charge in [0.2, 0.25) is 5.91 Å². The molecule has 150 valence electrons. The molecule has 8 nitrogen and oxygen atoms in total. The number of carbonyl (C=O) groups excluding carboxylic acids is 4. The molecule has 0 saturated heterocycles. The molecule has 4 amide bonds. The Morgan fingerprint density at radius 2 is 1.66 bits per heavy atom. The molecular weight excluding hydrogens is 374 g/mol. The molecule has 0 fully saturated rings. The third-order valence-corrected chi connectivity index (χ3v) is 4.34. The van der Waals surface area contributed by atoms with E-state index >= 15 is 0 Å². The molecule has 2 aromatic rings. The number of hydrogen-bond acceptors (Lipinski definition) is 5. The van der Waals surface area contributed by atoms with Gasteiger partial charge in [0.1, 0.15) is 12.3 Å². The van der Waals surface area contributed by atoms with E-state index in [1.165, 1.54) is 0 Å². The van der Waals surface area contributed by atoms with Crippen LogP contribution in [0.4, 0.5) is 0 Å². The maximum atomic E-state index is 12.4. The number of rotatable bonds is 5. The van der Waals surface area contributed by atoms with Gasteiger partial charge in [-0.2, -0.15) is 0 Å². The number of amides is 4. The third-order valence-electron chi connectivity index (χ3n) is 4.34. The van der Waals surface area contributed by atoms with E-state index < -0.39 is 30.2 Å². The van der Waals surface area contributed by atoms with E-state index in [-0.39, 0.29) is 13.0 Å². The Balaban J connectivity index is 1.49. The Morgan fingerprint density at radius 3 is 2.38 bits per heavy atom. The number of nitrogens with one attached hydrogen (secondary N) is 2. The Kier molecular flexibility index (Phi) is 5.92. The number of benzene rings is 2. The van der Waals surface area contributed by atoms with Crippen molar-refractivity contribution in [1.29, 1.82) is 0 Å². The van der Waals surface area contributed by atoms with Crippen LogP contribution in [0.1, 0.15) is 27.0 Å². The van der Waals surface area contributed by atoms with Gasteiger partial charge in [-0.15, -0.1) is 0 Å². The minimum absolute atomic E-state index is 0.0469. The van der Waals surface area contributed by atoms with E-state index in [0.29, 0.717) is 16.9 Å². The van der Waals surface area contributed by atoms with Crippen molar-refractivity contribution < 1.29 is 23.9 Å². The number of nitrogens with zero attached hydrogens (tertiary/aromatic N) is 1. The van der Waals surface area contributed by atoms with Gasteiger partial charge >= 0.3 is 0 Å². The second-order valence-corrected chi connectivity index (χ2v) is 6.83. The van der Waals surface area contributed by atoms with Crippen molar-refractivity contribution >= 4 is 23.6 Å². The predicted molar refractivity (Wildman–Crippen MR) is 104 cm³/mol. The van der Waals surface area contributed by atoms with Gasteiger partial charge in [0.05, 0.1) is 6.42 Å². The summed E-state index contributed by atoms with van der Waals surface area (Å²) in [4.78, 5) is 49.4. The highest BCUT2D eigenvalue weighted by Gasteiger charge is 2.31. The SMILES string of the molecule is Cc1cc(C)cc(OCC(=O)NNC(=O)CN2C(=O)Cc3ccccc3C2=O)c1. The van der Waals surface area contributed by atoms with Gasteiger partial charge < -0.3 is 4.74 Å². The van der Waals surface area contributed by atoms with Crippen LogP contribution in [-0.2, 0) is 20.8 Å². The second kappa shape index (κ2) is 8.55. The summed E-state index contributed by atoms with van der Waals surface area (Å²) < 4.78 is 5.40. The minimum atomic E-state index is -0.689. The standard InChI is InChI=1S/C21H21N3O5/c1-13-7-14(2)9-16(8-13)29-12-19(26)23-22-18(25)11-24-20(27)10-15-5-3-4-6-17(15)21(24)28/h3-9H,10-12H2,1-2H3,(H,22,25)(H,23,26). The first-order valence-corrected chi connectivity index (χ1v) is 9.05.